The first-order chi connectivity index (χ1) is 16.9. The smallest absolute Gasteiger partial charge is 1.00 e. The van der Waals surface area contributed by atoms with Crippen LogP contribution in [0.4, 0.5) is 0 Å². The van der Waals surface area contributed by atoms with E-state index < -0.39 is 8.07 Å². The van der Waals surface area contributed by atoms with Gasteiger partial charge in [-0.25, -0.2) is 0 Å². The van der Waals surface area contributed by atoms with Crippen LogP contribution in [0.2, 0.25) is 13.1 Å². The van der Waals surface area contributed by atoms with Gasteiger partial charge in [-0.15, -0.1) is 0 Å². The molecule has 2 unspecified atom stereocenters. The van der Waals surface area contributed by atoms with Crippen LogP contribution < -0.4 is 24.8 Å². The van der Waals surface area contributed by atoms with Gasteiger partial charge in [0.15, 0.2) is 0 Å². The van der Waals surface area contributed by atoms with Crippen molar-refractivity contribution < 1.29 is 49.5 Å². The zero-order valence-electron chi connectivity index (χ0n) is 22.2. The number of hydrogen-bond acceptors (Lipinski definition) is 1. The fourth-order valence-electron chi connectivity index (χ4n) is 7.35. The van der Waals surface area contributed by atoms with Crippen molar-refractivity contribution in [3.05, 3.63) is 92.2 Å². The van der Waals surface area contributed by atoms with E-state index in [-0.39, 0.29) is 24.8 Å². The molecule has 0 spiro atoms. The van der Waals surface area contributed by atoms with Crippen molar-refractivity contribution in [1.29, 1.82) is 0 Å². The molecule has 3 heterocycles. The van der Waals surface area contributed by atoms with Crippen LogP contribution in [0.25, 0.3) is 22.4 Å². The molecule has 2 atom stereocenters. The molecule has 3 aliphatic carbocycles. The molecule has 1 saturated carbocycles. The molecule has 0 amide bonds. The van der Waals surface area contributed by atoms with Gasteiger partial charge in [0.1, 0.15) is 0 Å². The van der Waals surface area contributed by atoms with E-state index in [1.54, 1.807) is 52.2 Å². The molecule has 37 heavy (non-hydrogen) atoms. The Morgan fingerprint density at radius 2 is 1.54 bits per heavy atom. The summed E-state index contributed by atoms with van der Waals surface area (Å²) in [5.74, 6) is 0.797. The van der Waals surface area contributed by atoms with Gasteiger partial charge in [0.25, 0.3) is 0 Å². The predicted molar refractivity (Wildman–Crippen MR) is 151 cm³/mol. The SMILES string of the molecule is CC1=C2c3cscc3C1[Si]2(C)C.CC1=Cc2c(-c3ccc(C4CCCCC4)cc3)cccc2[CH]1[Zr+2].[Cl-].[Cl-]. The van der Waals surface area contributed by atoms with Crippen LogP contribution in [0.3, 0.4) is 0 Å². The topological polar surface area (TPSA) is 0 Å². The molecule has 0 saturated heterocycles. The van der Waals surface area contributed by atoms with E-state index in [0.717, 1.165) is 11.5 Å². The molecular weight excluding hydrogens is 607 g/mol. The predicted octanol–water partition coefficient (Wildman–Crippen LogP) is 3.83. The number of benzene rings is 2. The fourth-order valence-corrected chi connectivity index (χ4v) is 13.6. The number of allylic oxidation sites excluding steroid dienone is 2. The first-order valence-corrected chi connectivity index (χ1v) is 18.7. The van der Waals surface area contributed by atoms with Crippen molar-refractivity contribution in [2.45, 2.75) is 74.1 Å². The Morgan fingerprint density at radius 3 is 2.19 bits per heavy atom. The van der Waals surface area contributed by atoms with E-state index in [2.05, 4.69) is 86.2 Å². The van der Waals surface area contributed by atoms with Gasteiger partial charge >= 0.3 is 155 Å². The second-order valence-corrected chi connectivity index (χ2v) is 18.2. The van der Waals surface area contributed by atoms with Gasteiger partial charge in [-0.3, -0.25) is 0 Å². The van der Waals surface area contributed by atoms with Crippen LogP contribution >= 0.6 is 11.3 Å². The van der Waals surface area contributed by atoms with E-state index in [9.17, 15) is 0 Å². The molecule has 5 heteroatoms. The molecule has 0 radical (unpaired) electrons. The standard InChI is InChI=1S/C22H23.C10H12SSi.2ClH.Zr/c1-16-14-20-8-5-9-21(22(20)15-16)19-12-10-18(11-13-19)17-6-3-2-4-7-17;1-6-9-7-4-11-5-8(7)10(6)12(9,2)3;;;/h5,8-15,17H,2-4,6-7H2,1H3;4-5,9H,1-3H3;2*1H;/q;;;;+2/p-2. The molecule has 8 rings (SSSR count). The van der Waals surface area contributed by atoms with Gasteiger partial charge in [-0.1, -0.05) is 23.9 Å². The van der Waals surface area contributed by atoms with Gasteiger partial charge < -0.3 is 24.8 Å². The third-order valence-corrected chi connectivity index (χ3v) is 15.8. The van der Waals surface area contributed by atoms with E-state index in [1.807, 2.05) is 11.3 Å². The van der Waals surface area contributed by atoms with Crippen molar-refractivity contribution in [3.63, 3.8) is 0 Å². The van der Waals surface area contributed by atoms with E-state index in [0.29, 0.717) is 3.63 Å². The number of thiophene rings is 1. The third kappa shape index (κ3) is 4.91. The van der Waals surface area contributed by atoms with E-state index in [1.165, 1.54) is 59.9 Å². The van der Waals surface area contributed by atoms with Crippen molar-refractivity contribution in [3.8, 4) is 11.1 Å². The summed E-state index contributed by atoms with van der Waals surface area (Å²) in [7, 11) is -0.976. The van der Waals surface area contributed by atoms with Crippen molar-refractivity contribution in [2.24, 2.45) is 0 Å². The Kier molecular flexibility index (Phi) is 9.04. The van der Waals surface area contributed by atoms with Gasteiger partial charge in [0, 0.05) is 5.54 Å². The van der Waals surface area contributed by atoms with Gasteiger partial charge in [0.05, 0.1) is 8.07 Å². The summed E-state index contributed by atoms with van der Waals surface area (Å²) in [6.45, 7) is 9.60. The van der Waals surface area contributed by atoms with Crippen molar-refractivity contribution in [2.75, 3.05) is 0 Å². The second kappa shape index (κ2) is 11.4. The van der Waals surface area contributed by atoms with Crippen LogP contribution in [-0.2, 0) is 24.7 Å². The maximum Gasteiger partial charge on any atom is -1.00 e. The number of halogens is 2. The van der Waals surface area contributed by atoms with Crippen LogP contribution in [0.5, 0.6) is 0 Å². The molecular formula is C32H35Cl2SSiZr. The first kappa shape index (κ1) is 29.3. The van der Waals surface area contributed by atoms with E-state index in [4.69, 9.17) is 0 Å². The summed E-state index contributed by atoms with van der Waals surface area (Å²) < 4.78 is 0.652. The van der Waals surface area contributed by atoms with Gasteiger partial charge in [-0.05, 0) is 28.8 Å². The maximum absolute atomic E-state index is 2.50. The average Bonchev–Trinajstić information content (AvgIpc) is 3.57. The zero-order valence-corrected chi connectivity index (χ0v) is 28.0. The Bertz CT molecular complexity index is 1350. The summed E-state index contributed by atoms with van der Waals surface area (Å²) in [5.41, 5.74) is 14.7. The summed E-state index contributed by atoms with van der Waals surface area (Å²) in [4.78, 5) is 0. The Morgan fingerprint density at radius 1 is 0.838 bits per heavy atom. The molecule has 0 nitrogen and oxygen atoms in total. The molecule has 0 N–H and O–H groups in total. The monoisotopic (exact) mass is 639 g/mol. The maximum atomic E-state index is 2.50. The number of hydrogen-bond donors (Lipinski definition) is 0. The molecule has 2 aromatic carbocycles. The zero-order chi connectivity index (χ0) is 24.3. The summed E-state index contributed by atoms with van der Waals surface area (Å²) in [6.07, 6.45) is 9.40. The number of fused-ring (bicyclic) bond motifs is 1. The normalized spacial score (nSPS) is 22.5. The summed E-state index contributed by atoms with van der Waals surface area (Å²) in [6, 6.07) is 16.3. The van der Waals surface area contributed by atoms with Crippen LogP contribution in [-0.4, -0.2) is 8.07 Å². The Hall–Kier alpha value is -0.700. The molecule has 1 aromatic heterocycles. The molecule has 2 aliphatic heterocycles. The van der Waals surface area contributed by atoms with Gasteiger partial charge in [0.2, 0.25) is 0 Å². The minimum Gasteiger partial charge on any atom is -1.00 e. The number of rotatable bonds is 2. The quantitative estimate of drug-likeness (QED) is 0.374. The van der Waals surface area contributed by atoms with Crippen molar-refractivity contribution in [1.82, 2.24) is 0 Å². The first-order valence-electron chi connectivity index (χ1n) is 13.3. The summed E-state index contributed by atoms with van der Waals surface area (Å²) in [5, 5.41) is 6.47. The van der Waals surface area contributed by atoms with Gasteiger partial charge in [-0.2, -0.15) is 11.3 Å². The van der Waals surface area contributed by atoms with Crippen molar-refractivity contribution >= 4 is 30.7 Å². The molecule has 191 valence electrons. The third-order valence-electron chi connectivity index (χ3n) is 9.04. The minimum absolute atomic E-state index is 0. The molecule has 1 fully saturated rings. The average molecular weight is 642 g/mol. The largest absolute Gasteiger partial charge is 1.00 e. The molecule has 2 bridgehead atoms. The minimum atomic E-state index is -0.976. The Labute approximate surface area is 255 Å². The fraction of sp³-hybridized carbons (Fsp3) is 0.375. The van der Waals surface area contributed by atoms with E-state index >= 15 is 0 Å². The van der Waals surface area contributed by atoms with Crippen LogP contribution in [0, 0.1) is 0 Å². The van der Waals surface area contributed by atoms with Crippen LogP contribution in [0.1, 0.15) is 88.9 Å². The molecule has 5 aliphatic rings. The molecule has 3 aromatic rings. The summed E-state index contributed by atoms with van der Waals surface area (Å²) >= 11 is 3.46. The van der Waals surface area contributed by atoms with Crippen LogP contribution in [0.15, 0.2) is 64.4 Å². The Balaban J connectivity index is 0.000000193. The second-order valence-electron chi connectivity index (χ2n) is 11.5.